The molecule has 0 spiro atoms. The van der Waals surface area contributed by atoms with Gasteiger partial charge in [0.05, 0.1) is 14.2 Å². The summed E-state index contributed by atoms with van der Waals surface area (Å²) in [6.45, 7) is 0. The molecule has 0 atom stereocenters. The molecule has 0 amide bonds. The highest BCUT2D eigenvalue weighted by atomic mass is 16.5. The van der Waals surface area contributed by atoms with Gasteiger partial charge in [-0.1, -0.05) is 218 Å². The van der Waals surface area contributed by atoms with E-state index in [0.717, 1.165) is 112 Å². The molecule has 0 radical (unpaired) electrons. The fraction of sp³-hybridized carbons (Fsp3) is 0.0286. The molecule has 0 aromatic heterocycles. The van der Waals surface area contributed by atoms with Crippen molar-refractivity contribution in [2.45, 2.75) is 0 Å². The Labute approximate surface area is 424 Å². The van der Waals surface area contributed by atoms with E-state index in [2.05, 4.69) is 267 Å². The SMILES string of the molecule is COc1ccc(C(=Cc2ccc(C=C(c3ccccc3)c3ccccc3)cc2-c2cc(C=C(c3ccccc3)c3ccccc3)cc(C=C(c3ccccc3)c3ccccc3)c2)c2ccc(OC)cc2)cc1. The fourth-order valence-electron chi connectivity index (χ4n) is 9.27. The number of hydrogen-bond acceptors (Lipinski definition) is 2. The van der Waals surface area contributed by atoms with Crippen LogP contribution in [0.15, 0.2) is 267 Å². The number of ether oxygens (including phenoxy) is 2. The predicted molar refractivity (Wildman–Crippen MR) is 304 cm³/mol. The van der Waals surface area contributed by atoms with Crippen molar-refractivity contribution in [3.05, 3.63) is 334 Å². The highest BCUT2D eigenvalue weighted by Gasteiger charge is 2.15. The molecule has 0 fully saturated rings. The highest BCUT2D eigenvalue weighted by molar-refractivity contribution is 5.99. The van der Waals surface area contributed by atoms with Crippen LogP contribution in [0, 0.1) is 0 Å². The summed E-state index contributed by atoms with van der Waals surface area (Å²) in [4.78, 5) is 0. The van der Waals surface area contributed by atoms with E-state index in [9.17, 15) is 0 Å². The van der Waals surface area contributed by atoms with Crippen molar-refractivity contribution >= 4 is 46.6 Å². The summed E-state index contributed by atoms with van der Waals surface area (Å²) >= 11 is 0. The molecule has 0 heterocycles. The summed E-state index contributed by atoms with van der Waals surface area (Å²) in [6.07, 6.45) is 9.35. The zero-order chi connectivity index (χ0) is 48.9. The zero-order valence-corrected chi connectivity index (χ0v) is 40.5. The molecule has 0 N–H and O–H groups in total. The van der Waals surface area contributed by atoms with Crippen LogP contribution in [0.1, 0.15) is 66.8 Å². The third-order valence-electron chi connectivity index (χ3n) is 12.9. The Bertz CT molecular complexity index is 3220. The van der Waals surface area contributed by atoms with Gasteiger partial charge in [0.2, 0.25) is 0 Å². The third-order valence-corrected chi connectivity index (χ3v) is 12.9. The van der Waals surface area contributed by atoms with Crippen molar-refractivity contribution in [2.24, 2.45) is 0 Å². The van der Waals surface area contributed by atoms with Gasteiger partial charge in [0, 0.05) is 0 Å². The van der Waals surface area contributed by atoms with E-state index in [1.165, 1.54) is 0 Å². The molecule has 0 aliphatic heterocycles. The van der Waals surface area contributed by atoms with Crippen LogP contribution in [-0.4, -0.2) is 14.2 Å². The first-order chi connectivity index (χ1) is 35.6. The Hall–Kier alpha value is -9.24. The molecular weight excluding hydrogens is 873 g/mol. The van der Waals surface area contributed by atoms with Crippen LogP contribution in [0.4, 0.5) is 0 Å². The second kappa shape index (κ2) is 22.5. The maximum Gasteiger partial charge on any atom is 0.118 e. The number of rotatable bonds is 15. The molecule has 10 rings (SSSR count). The van der Waals surface area contributed by atoms with Gasteiger partial charge in [-0.3, -0.25) is 0 Å². The Morgan fingerprint density at radius 2 is 0.556 bits per heavy atom. The smallest absolute Gasteiger partial charge is 0.118 e. The quantitative estimate of drug-likeness (QED) is 0.0954. The van der Waals surface area contributed by atoms with Crippen LogP contribution in [0.2, 0.25) is 0 Å². The van der Waals surface area contributed by atoms with Gasteiger partial charge < -0.3 is 9.47 Å². The van der Waals surface area contributed by atoms with Gasteiger partial charge >= 0.3 is 0 Å². The van der Waals surface area contributed by atoms with Crippen molar-refractivity contribution in [1.29, 1.82) is 0 Å². The minimum absolute atomic E-state index is 0.804. The molecular formula is C70H54O2. The first-order valence-electron chi connectivity index (χ1n) is 24.4. The van der Waals surface area contributed by atoms with Crippen LogP contribution in [0.3, 0.4) is 0 Å². The molecule has 0 saturated heterocycles. The van der Waals surface area contributed by atoms with Gasteiger partial charge in [0.25, 0.3) is 0 Å². The first kappa shape index (κ1) is 46.5. The minimum atomic E-state index is 0.804. The summed E-state index contributed by atoms with van der Waals surface area (Å²) in [5.74, 6) is 1.61. The minimum Gasteiger partial charge on any atom is -0.497 e. The lowest BCUT2D eigenvalue weighted by Crippen LogP contribution is -1.94. The number of methoxy groups -OCH3 is 2. The van der Waals surface area contributed by atoms with Crippen LogP contribution in [-0.2, 0) is 0 Å². The normalized spacial score (nSPS) is 10.6. The molecule has 72 heavy (non-hydrogen) atoms. The lowest BCUT2D eigenvalue weighted by Gasteiger charge is -2.16. The van der Waals surface area contributed by atoms with Crippen LogP contribution < -0.4 is 9.47 Å². The maximum absolute atomic E-state index is 5.63. The predicted octanol–water partition coefficient (Wildman–Crippen LogP) is 17.7. The van der Waals surface area contributed by atoms with E-state index in [0.29, 0.717) is 0 Å². The van der Waals surface area contributed by atoms with Gasteiger partial charge in [-0.15, -0.1) is 0 Å². The van der Waals surface area contributed by atoms with E-state index in [1.54, 1.807) is 14.2 Å². The van der Waals surface area contributed by atoms with Crippen molar-refractivity contribution in [1.82, 2.24) is 0 Å². The highest BCUT2D eigenvalue weighted by Crippen LogP contribution is 2.38. The summed E-state index contributed by atoms with van der Waals surface area (Å²) in [5.41, 5.74) is 20.0. The van der Waals surface area contributed by atoms with Crippen molar-refractivity contribution in [3.63, 3.8) is 0 Å². The topological polar surface area (TPSA) is 18.5 Å². The van der Waals surface area contributed by atoms with Crippen LogP contribution in [0.5, 0.6) is 11.5 Å². The number of benzene rings is 10. The number of hydrogen-bond donors (Lipinski definition) is 0. The average Bonchev–Trinajstić information content (AvgIpc) is 3.46. The summed E-state index contributed by atoms with van der Waals surface area (Å²) in [7, 11) is 3.41. The molecule has 2 heteroatoms. The molecule has 10 aromatic carbocycles. The Balaban J connectivity index is 1.27. The zero-order valence-electron chi connectivity index (χ0n) is 40.5. The Morgan fingerprint density at radius 1 is 0.264 bits per heavy atom. The van der Waals surface area contributed by atoms with Gasteiger partial charge in [-0.05, 0) is 173 Å². The van der Waals surface area contributed by atoms with E-state index in [4.69, 9.17) is 9.47 Å². The molecule has 0 unspecified atom stereocenters. The van der Waals surface area contributed by atoms with Crippen molar-refractivity contribution in [3.8, 4) is 22.6 Å². The monoisotopic (exact) mass is 926 g/mol. The van der Waals surface area contributed by atoms with Crippen molar-refractivity contribution in [2.75, 3.05) is 14.2 Å². The van der Waals surface area contributed by atoms with E-state index < -0.39 is 0 Å². The first-order valence-corrected chi connectivity index (χ1v) is 24.4. The molecule has 2 nitrogen and oxygen atoms in total. The van der Waals surface area contributed by atoms with Gasteiger partial charge in [0.1, 0.15) is 11.5 Å². The molecule has 0 saturated carbocycles. The lowest BCUT2D eigenvalue weighted by molar-refractivity contribution is 0.414. The molecule has 0 aliphatic rings. The van der Waals surface area contributed by atoms with Crippen LogP contribution in [0.25, 0.3) is 57.7 Å². The summed E-state index contributed by atoms with van der Waals surface area (Å²) < 4.78 is 11.3. The largest absolute Gasteiger partial charge is 0.497 e. The summed E-state index contributed by atoms with van der Waals surface area (Å²) in [6, 6.07) is 94.7. The summed E-state index contributed by atoms with van der Waals surface area (Å²) in [5, 5.41) is 0. The lowest BCUT2D eigenvalue weighted by atomic mass is 9.88. The van der Waals surface area contributed by atoms with Crippen LogP contribution >= 0.6 is 0 Å². The van der Waals surface area contributed by atoms with Gasteiger partial charge in [0.15, 0.2) is 0 Å². The molecule has 0 bridgehead atoms. The standard InChI is InChI=1S/C70H54O2/c1-71-64-39-35-60(36-40-64)70(61-37-41-65(72-2)42-38-61)50-62-34-33-51(46-66(54-21-9-3-10-22-54)55-23-11-4-12-24-55)47-69(62)63-44-52(48-67(56-25-13-5-14-26-56)57-27-15-6-16-28-57)43-53(45-63)49-68(58-29-17-7-18-30-58)59-31-19-8-20-32-59/h3-50H,1-2H3. The maximum atomic E-state index is 5.63. The van der Waals surface area contributed by atoms with Gasteiger partial charge in [-0.25, -0.2) is 0 Å². The van der Waals surface area contributed by atoms with Crippen molar-refractivity contribution < 1.29 is 9.47 Å². The third kappa shape index (κ3) is 11.1. The fourth-order valence-corrected chi connectivity index (χ4v) is 9.27. The second-order valence-corrected chi connectivity index (χ2v) is 17.6. The second-order valence-electron chi connectivity index (χ2n) is 17.6. The Morgan fingerprint density at radius 3 is 0.875 bits per heavy atom. The molecule has 10 aromatic rings. The molecule has 346 valence electrons. The van der Waals surface area contributed by atoms with E-state index >= 15 is 0 Å². The van der Waals surface area contributed by atoms with Gasteiger partial charge in [-0.2, -0.15) is 0 Å². The van der Waals surface area contributed by atoms with E-state index in [-0.39, 0.29) is 0 Å². The molecule has 0 aliphatic carbocycles. The Kier molecular flexibility index (Phi) is 14.5. The average molecular weight is 927 g/mol. The van der Waals surface area contributed by atoms with E-state index in [1.807, 2.05) is 24.3 Å².